The number of anilines is 3. The molecule has 142 valence electrons. The number of methoxy groups -OCH3 is 1. The maximum absolute atomic E-state index is 12.3. The molecule has 2 N–H and O–H groups in total. The first-order valence-corrected chi connectivity index (χ1v) is 8.69. The number of carbonyl (C=O) groups excluding carboxylic acids is 2. The molecule has 0 aliphatic rings. The third-order valence-electron chi connectivity index (χ3n) is 3.89. The molecular formula is C20H17ClN4O3. The number of aryl methyl sites for hydroxylation is 1. The van der Waals surface area contributed by atoms with E-state index in [1.165, 1.54) is 19.5 Å². The summed E-state index contributed by atoms with van der Waals surface area (Å²) in [5.41, 5.74) is 2.82. The summed E-state index contributed by atoms with van der Waals surface area (Å²) in [6.07, 6.45) is 2.83. The smallest absolute Gasteiger partial charge is 0.337 e. The van der Waals surface area contributed by atoms with Gasteiger partial charge in [0.1, 0.15) is 11.5 Å². The van der Waals surface area contributed by atoms with Crippen LogP contribution in [0.5, 0.6) is 0 Å². The maximum atomic E-state index is 12.3. The Balaban J connectivity index is 1.64. The van der Waals surface area contributed by atoms with Gasteiger partial charge >= 0.3 is 5.97 Å². The summed E-state index contributed by atoms with van der Waals surface area (Å²) in [5, 5.41) is 6.42. The number of aromatic nitrogens is 2. The van der Waals surface area contributed by atoms with E-state index in [1.54, 1.807) is 30.3 Å². The average molecular weight is 397 g/mol. The highest BCUT2D eigenvalue weighted by Gasteiger charge is 2.10. The van der Waals surface area contributed by atoms with Gasteiger partial charge in [0.05, 0.1) is 25.1 Å². The summed E-state index contributed by atoms with van der Waals surface area (Å²) in [6.45, 7) is 1.92. The van der Waals surface area contributed by atoms with Crippen molar-refractivity contribution in [2.45, 2.75) is 6.92 Å². The van der Waals surface area contributed by atoms with E-state index in [0.717, 1.165) is 11.3 Å². The second-order valence-corrected chi connectivity index (χ2v) is 6.31. The van der Waals surface area contributed by atoms with Crippen molar-refractivity contribution in [1.82, 2.24) is 9.97 Å². The molecule has 7 nitrogen and oxygen atoms in total. The highest BCUT2D eigenvalue weighted by molar-refractivity contribution is 6.31. The van der Waals surface area contributed by atoms with Crippen LogP contribution in [0.15, 0.2) is 54.9 Å². The van der Waals surface area contributed by atoms with Crippen molar-refractivity contribution in [3.05, 3.63) is 76.7 Å². The zero-order valence-corrected chi connectivity index (χ0v) is 15.9. The van der Waals surface area contributed by atoms with Gasteiger partial charge in [-0.1, -0.05) is 17.7 Å². The number of ether oxygens (including phenoxy) is 1. The third-order valence-corrected chi connectivity index (χ3v) is 4.30. The molecule has 0 saturated carbocycles. The van der Waals surface area contributed by atoms with Crippen molar-refractivity contribution in [2.75, 3.05) is 17.7 Å². The number of nitrogens with one attached hydrogen (secondary N) is 2. The Labute approximate surface area is 166 Å². The predicted octanol–water partition coefficient (Wildman–Crippen LogP) is 4.22. The summed E-state index contributed by atoms with van der Waals surface area (Å²) in [5.74, 6) is -0.371. The molecule has 0 aliphatic heterocycles. The molecule has 3 rings (SSSR count). The quantitative estimate of drug-likeness (QED) is 0.627. The molecule has 0 bridgehead atoms. The van der Waals surface area contributed by atoms with Crippen molar-refractivity contribution >= 4 is 40.7 Å². The molecule has 28 heavy (non-hydrogen) atoms. The molecule has 0 spiro atoms. The predicted molar refractivity (Wildman–Crippen MR) is 107 cm³/mol. The Morgan fingerprint density at radius 2 is 1.71 bits per heavy atom. The lowest BCUT2D eigenvalue weighted by molar-refractivity contribution is 0.0600. The van der Waals surface area contributed by atoms with Crippen LogP contribution in [0.3, 0.4) is 0 Å². The van der Waals surface area contributed by atoms with E-state index in [9.17, 15) is 9.59 Å². The van der Waals surface area contributed by atoms with Crippen LogP contribution in [0.1, 0.15) is 26.4 Å². The molecule has 0 radical (unpaired) electrons. The van der Waals surface area contributed by atoms with Gasteiger partial charge in [0.2, 0.25) is 0 Å². The van der Waals surface area contributed by atoms with Crippen molar-refractivity contribution in [1.29, 1.82) is 0 Å². The van der Waals surface area contributed by atoms with Gasteiger partial charge < -0.3 is 15.4 Å². The van der Waals surface area contributed by atoms with Gasteiger partial charge in [-0.2, -0.15) is 0 Å². The lowest BCUT2D eigenvalue weighted by atomic mass is 10.2. The topological polar surface area (TPSA) is 93.2 Å². The largest absolute Gasteiger partial charge is 0.465 e. The number of hydrogen-bond acceptors (Lipinski definition) is 6. The summed E-state index contributed by atoms with van der Waals surface area (Å²) in [7, 11) is 1.31. The fourth-order valence-corrected chi connectivity index (χ4v) is 2.51. The van der Waals surface area contributed by atoms with E-state index < -0.39 is 11.9 Å². The fourth-order valence-electron chi connectivity index (χ4n) is 2.33. The van der Waals surface area contributed by atoms with Gasteiger partial charge in [-0.05, 0) is 48.9 Å². The second-order valence-electron chi connectivity index (χ2n) is 5.90. The standard InChI is InChI=1S/C20H17ClN4O3/c1-12-3-6-15(9-16(12)21)24-18-11-22-17(10-23-18)19(26)25-14-7-4-13(5-8-14)20(27)28-2/h3-11H,1-2H3,(H,23,24)(H,25,26). The highest BCUT2D eigenvalue weighted by atomic mass is 35.5. The number of carbonyl (C=O) groups is 2. The van der Waals surface area contributed by atoms with Crippen LogP contribution in [0, 0.1) is 6.92 Å². The lowest BCUT2D eigenvalue weighted by Gasteiger charge is -2.08. The molecule has 3 aromatic rings. The maximum Gasteiger partial charge on any atom is 0.337 e. The number of amides is 1. The molecule has 0 saturated heterocycles. The van der Waals surface area contributed by atoms with Crippen LogP contribution in [-0.2, 0) is 4.74 Å². The normalized spacial score (nSPS) is 10.2. The van der Waals surface area contributed by atoms with Crippen LogP contribution in [0.25, 0.3) is 0 Å². The Kier molecular flexibility index (Phi) is 5.86. The van der Waals surface area contributed by atoms with E-state index in [2.05, 4.69) is 25.3 Å². The second kappa shape index (κ2) is 8.49. The van der Waals surface area contributed by atoms with Gasteiger partial charge in [0.15, 0.2) is 0 Å². The molecular weight excluding hydrogens is 380 g/mol. The van der Waals surface area contributed by atoms with Gasteiger partial charge in [-0.25, -0.2) is 14.8 Å². The molecule has 8 heteroatoms. The zero-order valence-electron chi connectivity index (χ0n) is 15.2. The first-order chi connectivity index (χ1) is 13.5. The molecule has 0 unspecified atom stereocenters. The van der Waals surface area contributed by atoms with Crippen LogP contribution < -0.4 is 10.6 Å². The summed E-state index contributed by atoms with van der Waals surface area (Å²) >= 11 is 6.10. The fraction of sp³-hybridized carbons (Fsp3) is 0.100. The minimum atomic E-state index is -0.443. The van der Waals surface area contributed by atoms with Crippen LogP contribution >= 0.6 is 11.6 Å². The number of esters is 1. The van der Waals surface area contributed by atoms with Gasteiger partial charge in [-0.3, -0.25) is 4.79 Å². The van der Waals surface area contributed by atoms with E-state index in [1.807, 2.05) is 19.1 Å². The van der Waals surface area contributed by atoms with E-state index in [0.29, 0.717) is 22.1 Å². The molecule has 1 aromatic heterocycles. The number of halogens is 1. The Morgan fingerprint density at radius 3 is 2.32 bits per heavy atom. The van der Waals surface area contributed by atoms with E-state index in [4.69, 9.17) is 11.6 Å². The molecule has 1 heterocycles. The Bertz CT molecular complexity index is 1000. The molecule has 0 atom stereocenters. The Hall–Kier alpha value is -3.45. The van der Waals surface area contributed by atoms with Crippen LogP contribution in [0.2, 0.25) is 5.02 Å². The van der Waals surface area contributed by atoms with Gasteiger partial charge in [-0.15, -0.1) is 0 Å². The van der Waals surface area contributed by atoms with Crippen molar-refractivity contribution in [3.8, 4) is 0 Å². The molecule has 0 aliphatic carbocycles. The van der Waals surface area contributed by atoms with Gasteiger partial charge in [0, 0.05) is 16.4 Å². The average Bonchev–Trinajstić information content (AvgIpc) is 2.71. The van der Waals surface area contributed by atoms with Crippen LogP contribution in [-0.4, -0.2) is 29.0 Å². The van der Waals surface area contributed by atoms with E-state index in [-0.39, 0.29) is 5.69 Å². The van der Waals surface area contributed by atoms with Crippen LogP contribution in [0.4, 0.5) is 17.2 Å². The van der Waals surface area contributed by atoms with Crippen molar-refractivity contribution in [3.63, 3.8) is 0 Å². The van der Waals surface area contributed by atoms with Gasteiger partial charge in [0.25, 0.3) is 5.91 Å². The monoisotopic (exact) mass is 396 g/mol. The molecule has 0 fully saturated rings. The first kappa shape index (κ1) is 19.3. The molecule has 2 aromatic carbocycles. The summed E-state index contributed by atoms with van der Waals surface area (Å²) in [6, 6.07) is 11.9. The first-order valence-electron chi connectivity index (χ1n) is 8.31. The number of rotatable bonds is 5. The third kappa shape index (κ3) is 4.63. The number of benzene rings is 2. The Morgan fingerprint density at radius 1 is 1.00 bits per heavy atom. The number of nitrogens with zero attached hydrogens (tertiary/aromatic N) is 2. The van der Waals surface area contributed by atoms with Crippen molar-refractivity contribution in [2.24, 2.45) is 0 Å². The summed E-state index contributed by atoms with van der Waals surface area (Å²) < 4.78 is 4.63. The number of hydrogen-bond donors (Lipinski definition) is 2. The van der Waals surface area contributed by atoms with E-state index >= 15 is 0 Å². The minimum Gasteiger partial charge on any atom is -0.465 e. The highest BCUT2D eigenvalue weighted by Crippen LogP contribution is 2.22. The van der Waals surface area contributed by atoms with Crippen molar-refractivity contribution < 1.29 is 14.3 Å². The SMILES string of the molecule is COC(=O)c1ccc(NC(=O)c2cnc(Nc3ccc(C)c(Cl)c3)cn2)cc1. The molecule has 1 amide bonds. The summed E-state index contributed by atoms with van der Waals surface area (Å²) in [4.78, 5) is 32.0. The lowest BCUT2D eigenvalue weighted by Crippen LogP contribution is -2.14. The zero-order chi connectivity index (χ0) is 20.1. The minimum absolute atomic E-state index is 0.157.